The minimum Gasteiger partial charge on any atom is -0.488 e. The van der Waals surface area contributed by atoms with Crippen LogP contribution in [0.2, 0.25) is 0 Å². The monoisotopic (exact) mass is 531 g/mol. The first kappa shape index (κ1) is 26.5. The molecular weight excluding hydrogens is 506 g/mol. The summed E-state index contributed by atoms with van der Waals surface area (Å²) in [7, 11) is -5.54. The summed E-state index contributed by atoms with van der Waals surface area (Å²) in [5.41, 5.74) is -2.50. The minimum absolute atomic E-state index is 0.0193. The van der Waals surface area contributed by atoms with Crippen molar-refractivity contribution in [2.75, 3.05) is 4.72 Å². The molecule has 0 aliphatic rings. The summed E-state index contributed by atoms with van der Waals surface area (Å²) < 4.78 is 83.0. The Bertz CT molecular complexity index is 1540. The van der Waals surface area contributed by atoms with Gasteiger partial charge in [-0.2, -0.15) is 21.6 Å². The van der Waals surface area contributed by atoms with Crippen molar-refractivity contribution in [3.05, 3.63) is 95.8 Å². The highest BCUT2D eigenvalue weighted by atomic mass is 32.2. The van der Waals surface area contributed by atoms with Gasteiger partial charge in [0.05, 0.1) is 0 Å². The van der Waals surface area contributed by atoms with Gasteiger partial charge in [-0.1, -0.05) is 69.3 Å². The number of benzene rings is 4. The second kappa shape index (κ2) is 9.70. The van der Waals surface area contributed by atoms with E-state index in [0.29, 0.717) is 22.1 Å². The average molecular weight is 532 g/mol. The van der Waals surface area contributed by atoms with Crippen LogP contribution in [0.15, 0.2) is 78.9 Å². The highest BCUT2D eigenvalue weighted by Gasteiger charge is 2.46. The maximum Gasteiger partial charge on any atom is 0.516 e. The van der Waals surface area contributed by atoms with Gasteiger partial charge in [0, 0.05) is 16.6 Å². The first-order valence-corrected chi connectivity index (χ1v) is 12.9. The first-order valence-electron chi connectivity index (χ1n) is 11.4. The second-order valence-electron chi connectivity index (χ2n) is 9.67. The van der Waals surface area contributed by atoms with Crippen molar-refractivity contribution < 1.29 is 30.7 Å². The Morgan fingerprint density at radius 3 is 2.14 bits per heavy atom. The van der Waals surface area contributed by atoms with Crippen molar-refractivity contribution in [2.24, 2.45) is 0 Å². The third-order valence-corrected chi connectivity index (χ3v) is 7.03. The lowest BCUT2D eigenvalue weighted by Crippen LogP contribution is -2.29. The number of fused-ring (bicyclic) bond motifs is 1. The Hall–Kier alpha value is -3.59. The Morgan fingerprint density at radius 1 is 0.838 bits per heavy atom. The summed E-state index contributed by atoms with van der Waals surface area (Å²) in [6.45, 7) is 6.30. The van der Waals surface area contributed by atoms with E-state index < -0.39 is 21.3 Å². The van der Waals surface area contributed by atoms with Crippen molar-refractivity contribution in [1.29, 1.82) is 0 Å². The minimum atomic E-state index is -5.54. The van der Waals surface area contributed by atoms with Crippen molar-refractivity contribution >= 4 is 26.5 Å². The molecule has 0 atom stereocenters. The number of ether oxygens (including phenoxy) is 1. The Balaban J connectivity index is 1.51. The molecule has 9 heteroatoms. The molecule has 0 aliphatic heterocycles. The van der Waals surface area contributed by atoms with Gasteiger partial charge in [0.25, 0.3) is 0 Å². The standard InChI is InChI=1S/C28H25F4NO3S/c1-27(2,3)22-11-9-18(10-12-22)19-7-8-21(25(29)16-19)17-36-26-6-4-5-20-15-23(13-14-24(20)26)33-37(34,35)28(30,31)32/h4-16,33H,17H2,1-3H3. The van der Waals surface area contributed by atoms with E-state index in [2.05, 4.69) is 20.8 Å². The Kier molecular flexibility index (Phi) is 6.94. The summed E-state index contributed by atoms with van der Waals surface area (Å²) >= 11 is 0. The summed E-state index contributed by atoms with van der Waals surface area (Å²) in [5.74, 6) is -0.0505. The molecule has 4 rings (SSSR count). The molecule has 4 aromatic carbocycles. The van der Waals surface area contributed by atoms with Crippen LogP contribution < -0.4 is 9.46 Å². The highest BCUT2D eigenvalue weighted by molar-refractivity contribution is 7.93. The zero-order valence-corrected chi connectivity index (χ0v) is 21.2. The van der Waals surface area contributed by atoms with E-state index in [9.17, 15) is 26.0 Å². The molecule has 0 saturated carbocycles. The van der Waals surface area contributed by atoms with Gasteiger partial charge >= 0.3 is 15.5 Å². The first-order chi connectivity index (χ1) is 17.2. The zero-order valence-electron chi connectivity index (χ0n) is 20.4. The van der Waals surface area contributed by atoms with E-state index in [1.165, 1.54) is 34.6 Å². The zero-order chi connectivity index (χ0) is 27.0. The normalized spacial score (nSPS) is 12.5. The van der Waals surface area contributed by atoms with Crippen molar-refractivity contribution in [3.63, 3.8) is 0 Å². The fraction of sp³-hybridized carbons (Fsp3) is 0.214. The Labute approximate surface area is 213 Å². The largest absolute Gasteiger partial charge is 0.516 e. The van der Waals surface area contributed by atoms with Crippen LogP contribution in [0.3, 0.4) is 0 Å². The molecule has 1 N–H and O–H groups in total. The van der Waals surface area contributed by atoms with Gasteiger partial charge in [-0.3, -0.25) is 4.72 Å². The lowest BCUT2D eigenvalue weighted by atomic mass is 9.86. The number of hydrogen-bond acceptors (Lipinski definition) is 3. The predicted molar refractivity (Wildman–Crippen MR) is 137 cm³/mol. The van der Waals surface area contributed by atoms with E-state index in [1.807, 2.05) is 30.3 Å². The molecule has 0 bridgehead atoms. The average Bonchev–Trinajstić information content (AvgIpc) is 2.81. The van der Waals surface area contributed by atoms with Gasteiger partial charge in [0.15, 0.2) is 0 Å². The molecule has 4 nitrogen and oxygen atoms in total. The SMILES string of the molecule is CC(C)(C)c1ccc(-c2ccc(COc3cccc4cc(NS(=O)(=O)C(F)(F)F)ccc34)c(F)c2)cc1. The Morgan fingerprint density at radius 2 is 1.51 bits per heavy atom. The van der Waals surface area contributed by atoms with Crippen molar-refractivity contribution in [1.82, 2.24) is 0 Å². The van der Waals surface area contributed by atoms with E-state index in [0.717, 1.165) is 11.1 Å². The number of sulfonamides is 1. The molecule has 0 amide bonds. The molecule has 0 radical (unpaired) electrons. The molecule has 4 aromatic rings. The second-order valence-corrected chi connectivity index (χ2v) is 11.3. The van der Waals surface area contributed by atoms with Crippen LogP contribution >= 0.6 is 0 Å². The van der Waals surface area contributed by atoms with Crippen LogP contribution in [0.4, 0.5) is 23.2 Å². The number of hydrogen-bond donors (Lipinski definition) is 1. The lowest BCUT2D eigenvalue weighted by molar-refractivity contribution is -0.0429. The topological polar surface area (TPSA) is 55.4 Å². The summed E-state index contributed by atoms with van der Waals surface area (Å²) in [6, 6.07) is 21.7. The molecule has 0 heterocycles. The van der Waals surface area contributed by atoms with Crippen LogP contribution in [0, 0.1) is 5.82 Å². The number of halogens is 4. The molecule has 0 spiro atoms. The third-order valence-electron chi connectivity index (χ3n) is 5.92. The maximum absolute atomic E-state index is 14.9. The smallest absolute Gasteiger partial charge is 0.488 e. The van der Waals surface area contributed by atoms with Crippen LogP contribution in [0.1, 0.15) is 31.9 Å². The van der Waals surface area contributed by atoms with Gasteiger partial charge < -0.3 is 4.74 Å². The molecule has 194 valence electrons. The molecule has 0 saturated heterocycles. The maximum atomic E-state index is 14.9. The van der Waals surface area contributed by atoms with E-state index in [4.69, 9.17) is 4.74 Å². The quantitative estimate of drug-likeness (QED) is 0.259. The fourth-order valence-corrected chi connectivity index (χ4v) is 4.37. The number of anilines is 1. The van der Waals surface area contributed by atoms with Gasteiger partial charge in [0.1, 0.15) is 18.2 Å². The van der Waals surface area contributed by atoms with Crippen LogP contribution in [-0.2, 0) is 22.0 Å². The van der Waals surface area contributed by atoms with Crippen LogP contribution in [-0.4, -0.2) is 13.9 Å². The molecule has 37 heavy (non-hydrogen) atoms. The number of rotatable bonds is 6. The van der Waals surface area contributed by atoms with Gasteiger partial charge in [-0.05, 0) is 57.8 Å². The third kappa shape index (κ3) is 5.88. The number of alkyl halides is 3. The van der Waals surface area contributed by atoms with Crippen LogP contribution in [0.5, 0.6) is 5.75 Å². The highest BCUT2D eigenvalue weighted by Crippen LogP contribution is 2.32. The van der Waals surface area contributed by atoms with Gasteiger partial charge in [-0.15, -0.1) is 0 Å². The van der Waals surface area contributed by atoms with Gasteiger partial charge in [-0.25, -0.2) is 4.39 Å². The van der Waals surface area contributed by atoms with Crippen molar-refractivity contribution in [2.45, 2.75) is 38.3 Å². The van der Waals surface area contributed by atoms with E-state index in [-0.39, 0.29) is 17.7 Å². The molecular formula is C28H25F4NO3S. The fourth-order valence-electron chi connectivity index (χ4n) is 3.82. The van der Waals surface area contributed by atoms with Crippen LogP contribution in [0.25, 0.3) is 21.9 Å². The van der Waals surface area contributed by atoms with E-state index in [1.54, 1.807) is 24.3 Å². The summed E-state index contributed by atoms with van der Waals surface area (Å²) in [5, 5.41) is 0.989. The molecule has 0 fully saturated rings. The number of nitrogens with one attached hydrogen (secondary N) is 1. The lowest BCUT2D eigenvalue weighted by Gasteiger charge is -2.19. The molecule has 0 aromatic heterocycles. The molecule has 0 aliphatic carbocycles. The van der Waals surface area contributed by atoms with Crippen molar-refractivity contribution in [3.8, 4) is 16.9 Å². The van der Waals surface area contributed by atoms with Gasteiger partial charge in [0.2, 0.25) is 0 Å². The molecule has 0 unspecified atom stereocenters. The van der Waals surface area contributed by atoms with E-state index >= 15 is 0 Å². The predicted octanol–water partition coefficient (Wildman–Crippen LogP) is 7.78. The summed E-state index contributed by atoms with van der Waals surface area (Å²) in [4.78, 5) is 0. The summed E-state index contributed by atoms with van der Waals surface area (Å²) in [6.07, 6.45) is 0.